The zero-order chi connectivity index (χ0) is 14.7. The number of benzene rings is 1. The first kappa shape index (κ1) is 14.4. The van der Waals surface area contributed by atoms with E-state index in [1.165, 1.54) is 5.56 Å². The normalized spacial score (nSPS) is 12.7. The molecule has 0 saturated heterocycles. The van der Waals surface area contributed by atoms with E-state index in [-0.39, 0.29) is 11.7 Å². The molecule has 2 rings (SSSR count). The summed E-state index contributed by atoms with van der Waals surface area (Å²) in [6, 6.07) is 8.11. The predicted molar refractivity (Wildman–Crippen MR) is 77.5 cm³/mol. The van der Waals surface area contributed by atoms with Crippen molar-refractivity contribution >= 4 is 5.78 Å². The van der Waals surface area contributed by atoms with Gasteiger partial charge in [0.15, 0.2) is 0 Å². The summed E-state index contributed by atoms with van der Waals surface area (Å²) in [5.74, 6) is 1.19. The van der Waals surface area contributed by atoms with Crippen LogP contribution in [-0.2, 0) is 4.79 Å². The number of rotatable bonds is 5. The van der Waals surface area contributed by atoms with Crippen LogP contribution in [0, 0.1) is 0 Å². The number of carbonyl (C=O) groups is 1. The molecule has 20 heavy (non-hydrogen) atoms. The molecule has 2 aromatic rings. The van der Waals surface area contributed by atoms with E-state index in [2.05, 4.69) is 36.1 Å². The third kappa shape index (κ3) is 2.95. The van der Waals surface area contributed by atoms with E-state index < -0.39 is 0 Å². The van der Waals surface area contributed by atoms with Crippen LogP contribution < -0.4 is 0 Å². The number of Topliss-reactive ketones (excluding diaryl/α,β-unsaturated/α-hetero) is 1. The van der Waals surface area contributed by atoms with Gasteiger partial charge in [-0.05, 0) is 24.8 Å². The summed E-state index contributed by atoms with van der Waals surface area (Å²) in [5.41, 5.74) is 2.18. The van der Waals surface area contributed by atoms with Crippen molar-refractivity contribution in [1.82, 2.24) is 10.1 Å². The molecule has 1 aromatic heterocycles. The Morgan fingerprint density at radius 1 is 1.25 bits per heavy atom. The maximum atomic E-state index is 11.5. The number of aromatic nitrogens is 2. The molecule has 1 heterocycles. The lowest BCUT2D eigenvalue weighted by molar-refractivity contribution is -0.119. The van der Waals surface area contributed by atoms with Gasteiger partial charge in [0, 0.05) is 5.56 Å². The lowest BCUT2D eigenvalue weighted by Gasteiger charge is -2.05. The van der Waals surface area contributed by atoms with Crippen LogP contribution in [0.5, 0.6) is 0 Å². The third-order valence-corrected chi connectivity index (χ3v) is 3.47. The SMILES string of the molecule is CCC(C(C)=O)c1nc(-c2ccc(C(C)C)cc2)no1. The standard InChI is InChI=1S/C16H20N2O2/c1-5-14(11(4)19)16-17-15(18-20-16)13-8-6-12(7-9-13)10(2)3/h6-10,14H,5H2,1-4H3. The molecule has 0 fully saturated rings. The van der Waals surface area contributed by atoms with Crippen molar-refractivity contribution < 1.29 is 9.32 Å². The van der Waals surface area contributed by atoms with Gasteiger partial charge < -0.3 is 4.52 Å². The van der Waals surface area contributed by atoms with Crippen molar-refractivity contribution in [3.05, 3.63) is 35.7 Å². The molecular weight excluding hydrogens is 252 g/mol. The maximum Gasteiger partial charge on any atom is 0.237 e. The summed E-state index contributed by atoms with van der Waals surface area (Å²) in [6.45, 7) is 7.79. The number of hydrogen-bond acceptors (Lipinski definition) is 4. The number of ketones is 1. The van der Waals surface area contributed by atoms with Crippen molar-refractivity contribution in [3.8, 4) is 11.4 Å². The van der Waals surface area contributed by atoms with Crippen LogP contribution in [0.25, 0.3) is 11.4 Å². The van der Waals surface area contributed by atoms with Crippen LogP contribution in [0.2, 0.25) is 0 Å². The van der Waals surface area contributed by atoms with E-state index in [9.17, 15) is 4.79 Å². The fourth-order valence-corrected chi connectivity index (χ4v) is 2.15. The lowest BCUT2D eigenvalue weighted by atomic mass is 10.0. The molecule has 1 aromatic carbocycles. The molecule has 0 N–H and O–H groups in total. The molecule has 106 valence electrons. The third-order valence-electron chi connectivity index (χ3n) is 3.47. The largest absolute Gasteiger partial charge is 0.338 e. The van der Waals surface area contributed by atoms with Gasteiger partial charge in [0.2, 0.25) is 11.7 Å². The Morgan fingerprint density at radius 2 is 1.90 bits per heavy atom. The molecule has 0 bridgehead atoms. The summed E-state index contributed by atoms with van der Waals surface area (Å²) in [7, 11) is 0. The number of hydrogen-bond donors (Lipinski definition) is 0. The lowest BCUT2D eigenvalue weighted by Crippen LogP contribution is -2.07. The highest BCUT2D eigenvalue weighted by Gasteiger charge is 2.21. The van der Waals surface area contributed by atoms with E-state index in [1.807, 2.05) is 19.1 Å². The number of carbonyl (C=O) groups excluding carboxylic acids is 1. The highest BCUT2D eigenvalue weighted by molar-refractivity contribution is 5.82. The second-order valence-electron chi connectivity index (χ2n) is 5.30. The highest BCUT2D eigenvalue weighted by atomic mass is 16.5. The van der Waals surface area contributed by atoms with Gasteiger partial charge in [-0.1, -0.05) is 50.2 Å². The van der Waals surface area contributed by atoms with Crippen molar-refractivity contribution in [3.63, 3.8) is 0 Å². The summed E-state index contributed by atoms with van der Waals surface area (Å²) >= 11 is 0. The molecule has 0 aliphatic carbocycles. The molecule has 0 saturated carbocycles. The quantitative estimate of drug-likeness (QED) is 0.827. The van der Waals surface area contributed by atoms with Crippen molar-refractivity contribution in [2.45, 2.75) is 46.0 Å². The van der Waals surface area contributed by atoms with Gasteiger partial charge in [-0.2, -0.15) is 4.98 Å². The van der Waals surface area contributed by atoms with E-state index in [0.717, 1.165) is 5.56 Å². The Kier molecular flexibility index (Phi) is 4.32. The molecular formula is C16H20N2O2. The van der Waals surface area contributed by atoms with Gasteiger partial charge in [-0.15, -0.1) is 0 Å². The van der Waals surface area contributed by atoms with Crippen LogP contribution in [-0.4, -0.2) is 15.9 Å². The fourth-order valence-electron chi connectivity index (χ4n) is 2.15. The summed E-state index contributed by atoms with van der Waals surface area (Å²) in [6.07, 6.45) is 0.670. The summed E-state index contributed by atoms with van der Waals surface area (Å²) in [5, 5.41) is 3.97. The van der Waals surface area contributed by atoms with Gasteiger partial charge in [0.05, 0.1) is 5.92 Å². The molecule has 0 radical (unpaired) electrons. The van der Waals surface area contributed by atoms with Gasteiger partial charge >= 0.3 is 0 Å². The van der Waals surface area contributed by atoms with E-state index in [4.69, 9.17) is 4.52 Å². The maximum absolute atomic E-state index is 11.5. The molecule has 0 aliphatic heterocycles. The van der Waals surface area contributed by atoms with Gasteiger partial charge in [-0.3, -0.25) is 4.79 Å². The second kappa shape index (κ2) is 5.99. The minimum absolute atomic E-state index is 0.0536. The van der Waals surface area contributed by atoms with Gasteiger partial charge in [0.1, 0.15) is 5.78 Å². The van der Waals surface area contributed by atoms with Crippen LogP contribution in [0.4, 0.5) is 0 Å². The average Bonchev–Trinajstić information content (AvgIpc) is 2.88. The number of nitrogens with zero attached hydrogens (tertiary/aromatic N) is 2. The van der Waals surface area contributed by atoms with E-state index >= 15 is 0 Å². The predicted octanol–water partition coefficient (Wildman–Crippen LogP) is 3.94. The average molecular weight is 272 g/mol. The van der Waals surface area contributed by atoms with Crippen molar-refractivity contribution in [1.29, 1.82) is 0 Å². The van der Waals surface area contributed by atoms with E-state index in [0.29, 0.717) is 24.1 Å². The van der Waals surface area contributed by atoms with Crippen LogP contribution in [0.3, 0.4) is 0 Å². The summed E-state index contributed by atoms with van der Waals surface area (Å²) < 4.78 is 5.23. The molecule has 0 aliphatic rings. The topological polar surface area (TPSA) is 56.0 Å². The monoisotopic (exact) mass is 272 g/mol. The van der Waals surface area contributed by atoms with Crippen molar-refractivity contribution in [2.24, 2.45) is 0 Å². The van der Waals surface area contributed by atoms with E-state index in [1.54, 1.807) is 6.92 Å². The van der Waals surface area contributed by atoms with Crippen LogP contribution >= 0.6 is 0 Å². The molecule has 4 heteroatoms. The molecule has 0 amide bonds. The molecule has 1 atom stereocenters. The van der Waals surface area contributed by atoms with Crippen LogP contribution in [0.15, 0.2) is 28.8 Å². The molecule has 4 nitrogen and oxygen atoms in total. The van der Waals surface area contributed by atoms with Crippen molar-refractivity contribution in [2.75, 3.05) is 0 Å². The summed E-state index contributed by atoms with van der Waals surface area (Å²) in [4.78, 5) is 15.9. The van der Waals surface area contributed by atoms with Gasteiger partial charge in [0.25, 0.3) is 0 Å². The highest BCUT2D eigenvalue weighted by Crippen LogP contribution is 2.24. The second-order valence-corrected chi connectivity index (χ2v) is 5.30. The zero-order valence-corrected chi connectivity index (χ0v) is 12.4. The van der Waals surface area contributed by atoms with Gasteiger partial charge in [-0.25, -0.2) is 0 Å². The Balaban J connectivity index is 2.26. The first-order chi connectivity index (χ1) is 9.52. The Labute approximate surface area is 119 Å². The first-order valence-corrected chi connectivity index (χ1v) is 6.97. The molecule has 1 unspecified atom stereocenters. The Morgan fingerprint density at radius 3 is 2.40 bits per heavy atom. The minimum atomic E-state index is -0.300. The zero-order valence-electron chi connectivity index (χ0n) is 12.4. The Hall–Kier alpha value is -1.97. The Bertz CT molecular complexity index is 585. The first-order valence-electron chi connectivity index (χ1n) is 6.97. The molecule has 0 spiro atoms. The van der Waals surface area contributed by atoms with Crippen LogP contribution in [0.1, 0.15) is 57.4 Å². The minimum Gasteiger partial charge on any atom is -0.338 e. The fraction of sp³-hybridized carbons (Fsp3) is 0.438. The smallest absolute Gasteiger partial charge is 0.237 e.